The van der Waals surface area contributed by atoms with Crippen LogP contribution in [0, 0.1) is 18.8 Å². The summed E-state index contributed by atoms with van der Waals surface area (Å²) in [5.74, 6) is 2.41. The highest BCUT2D eigenvalue weighted by molar-refractivity contribution is 5.27. The lowest BCUT2D eigenvalue weighted by atomic mass is 9.80. The Morgan fingerprint density at radius 3 is 2.90 bits per heavy atom. The Labute approximate surface area is 128 Å². The smallest absolute Gasteiger partial charge is 0.119 e. The third kappa shape index (κ3) is 5.68. The van der Waals surface area contributed by atoms with E-state index in [0.717, 1.165) is 24.1 Å². The molecule has 3 atom stereocenters. The predicted molar refractivity (Wildman–Crippen MR) is 86.7 cm³/mol. The monoisotopic (exact) mass is 291 g/mol. The molecule has 2 rings (SSSR count). The van der Waals surface area contributed by atoms with Crippen LogP contribution in [0.4, 0.5) is 0 Å². The summed E-state index contributed by atoms with van der Waals surface area (Å²) in [6.45, 7) is 6.35. The zero-order chi connectivity index (χ0) is 15.1. The number of aryl methyl sites for hydroxylation is 1. The Bertz CT molecular complexity index is 421. The number of hydrogen-bond acceptors (Lipinski definition) is 3. The Morgan fingerprint density at radius 2 is 2.14 bits per heavy atom. The van der Waals surface area contributed by atoms with Crippen LogP contribution in [0.25, 0.3) is 0 Å². The van der Waals surface area contributed by atoms with Crippen molar-refractivity contribution in [2.45, 2.75) is 45.6 Å². The lowest BCUT2D eigenvalue weighted by Gasteiger charge is -2.29. The van der Waals surface area contributed by atoms with Crippen molar-refractivity contribution in [2.24, 2.45) is 11.8 Å². The molecule has 0 aromatic heterocycles. The molecule has 3 unspecified atom stereocenters. The number of hydrogen-bond donors (Lipinski definition) is 2. The average Bonchev–Trinajstić information content (AvgIpc) is 2.47. The first-order valence-electron chi connectivity index (χ1n) is 8.23. The highest BCUT2D eigenvalue weighted by atomic mass is 16.5. The van der Waals surface area contributed by atoms with Crippen molar-refractivity contribution in [1.29, 1.82) is 0 Å². The Kier molecular flexibility index (Phi) is 6.52. The number of rotatable bonds is 7. The minimum absolute atomic E-state index is 0.344. The van der Waals surface area contributed by atoms with Gasteiger partial charge in [0.25, 0.3) is 0 Å². The second-order valence-corrected chi connectivity index (χ2v) is 6.46. The Morgan fingerprint density at radius 1 is 1.33 bits per heavy atom. The maximum Gasteiger partial charge on any atom is 0.119 e. The molecule has 1 aromatic carbocycles. The molecular formula is C18H29NO2. The largest absolute Gasteiger partial charge is 0.491 e. The molecule has 0 aliphatic heterocycles. The van der Waals surface area contributed by atoms with Gasteiger partial charge >= 0.3 is 0 Å². The molecule has 1 aliphatic carbocycles. The van der Waals surface area contributed by atoms with Gasteiger partial charge in [0.05, 0.1) is 0 Å². The molecule has 0 spiro atoms. The summed E-state index contributed by atoms with van der Waals surface area (Å²) in [6.07, 6.45) is 4.96. The molecule has 1 saturated carbocycles. The van der Waals surface area contributed by atoms with Crippen molar-refractivity contribution >= 4 is 0 Å². The molecule has 118 valence electrons. The summed E-state index contributed by atoms with van der Waals surface area (Å²) >= 11 is 0. The van der Waals surface area contributed by atoms with Gasteiger partial charge in [-0.05, 0) is 49.4 Å². The van der Waals surface area contributed by atoms with Crippen molar-refractivity contribution in [3.63, 3.8) is 0 Å². The number of aliphatic hydroxyl groups is 1. The van der Waals surface area contributed by atoms with Crippen LogP contribution in [0.3, 0.4) is 0 Å². The molecule has 2 N–H and O–H groups in total. The molecule has 0 saturated heterocycles. The second kappa shape index (κ2) is 8.40. The van der Waals surface area contributed by atoms with Crippen LogP contribution in [0.2, 0.25) is 0 Å². The van der Waals surface area contributed by atoms with Gasteiger partial charge in [0, 0.05) is 6.54 Å². The van der Waals surface area contributed by atoms with Gasteiger partial charge < -0.3 is 15.2 Å². The van der Waals surface area contributed by atoms with Gasteiger partial charge in [0.2, 0.25) is 0 Å². The van der Waals surface area contributed by atoms with E-state index in [1.54, 1.807) is 0 Å². The van der Waals surface area contributed by atoms with Crippen molar-refractivity contribution in [1.82, 2.24) is 5.32 Å². The van der Waals surface area contributed by atoms with Crippen molar-refractivity contribution in [3.8, 4) is 5.75 Å². The van der Waals surface area contributed by atoms with Gasteiger partial charge in [-0.15, -0.1) is 0 Å². The van der Waals surface area contributed by atoms with E-state index in [1.807, 2.05) is 31.2 Å². The summed E-state index contributed by atoms with van der Waals surface area (Å²) in [5, 5.41) is 13.4. The van der Waals surface area contributed by atoms with E-state index in [9.17, 15) is 5.11 Å². The van der Waals surface area contributed by atoms with Crippen LogP contribution in [0.15, 0.2) is 24.3 Å². The van der Waals surface area contributed by atoms with Crippen LogP contribution < -0.4 is 10.1 Å². The zero-order valence-electron chi connectivity index (χ0n) is 13.3. The lowest BCUT2D eigenvalue weighted by molar-refractivity contribution is 0.103. The first kappa shape index (κ1) is 16.3. The van der Waals surface area contributed by atoms with Crippen molar-refractivity contribution in [2.75, 3.05) is 19.7 Å². The predicted octanol–water partition coefficient (Wildman–Crippen LogP) is 3.15. The number of benzene rings is 1. The van der Waals surface area contributed by atoms with E-state index in [2.05, 4.69) is 12.2 Å². The quantitative estimate of drug-likeness (QED) is 0.811. The van der Waals surface area contributed by atoms with E-state index >= 15 is 0 Å². The molecule has 3 nitrogen and oxygen atoms in total. The lowest BCUT2D eigenvalue weighted by Crippen LogP contribution is -2.36. The van der Waals surface area contributed by atoms with Crippen LogP contribution in [-0.4, -0.2) is 30.9 Å². The second-order valence-electron chi connectivity index (χ2n) is 6.46. The summed E-state index contributed by atoms with van der Waals surface area (Å²) in [5.41, 5.74) is 1.17. The minimum atomic E-state index is -0.454. The molecule has 0 bridgehead atoms. The van der Waals surface area contributed by atoms with Crippen LogP contribution in [0.1, 0.15) is 38.2 Å². The molecule has 3 heteroatoms. The molecule has 1 aliphatic rings. The summed E-state index contributed by atoms with van der Waals surface area (Å²) in [6, 6.07) is 7.93. The van der Waals surface area contributed by atoms with E-state index in [0.29, 0.717) is 13.2 Å². The Hall–Kier alpha value is -1.06. The highest BCUT2D eigenvalue weighted by Crippen LogP contribution is 2.28. The minimum Gasteiger partial charge on any atom is -0.491 e. The van der Waals surface area contributed by atoms with Gasteiger partial charge in [-0.3, -0.25) is 0 Å². The SMILES string of the molecule is Cc1cccc(OCC(O)CNCC2CCCCC2C)c1. The van der Waals surface area contributed by atoms with Crippen LogP contribution in [0.5, 0.6) is 5.75 Å². The fraction of sp³-hybridized carbons (Fsp3) is 0.667. The topological polar surface area (TPSA) is 41.5 Å². The van der Waals surface area contributed by atoms with Gasteiger partial charge in [0.15, 0.2) is 0 Å². The Balaban J connectivity index is 1.62. The van der Waals surface area contributed by atoms with E-state index in [4.69, 9.17) is 4.74 Å². The van der Waals surface area contributed by atoms with Gasteiger partial charge in [0.1, 0.15) is 18.5 Å². The fourth-order valence-corrected chi connectivity index (χ4v) is 3.09. The first-order chi connectivity index (χ1) is 10.1. The van der Waals surface area contributed by atoms with Crippen LogP contribution >= 0.6 is 0 Å². The van der Waals surface area contributed by atoms with E-state index < -0.39 is 6.10 Å². The fourth-order valence-electron chi connectivity index (χ4n) is 3.09. The normalized spacial score (nSPS) is 23.8. The number of ether oxygens (including phenoxy) is 1. The van der Waals surface area contributed by atoms with Gasteiger partial charge in [-0.1, -0.05) is 38.3 Å². The third-order valence-corrected chi connectivity index (χ3v) is 4.51. The van der Waals surface area contributed by atoms with Crippen molar-refractivity contribution < 1.29 is 9.84 Å². The maximum atomic E-state index is 9.99. The average molecular weight is 291 g/mol. The van der Waals surface area contributed by atoms with Gasteiger partial charge in [-0.25, -0.2) is 0 Å². The van der Waals surface area contributed by atoms with Crippen molar-refractivity contribution in [3.05, 3.63) is 29.8 Å². The third-order valence-electron chi connectivity index (χ3n) is 4.51. The number of nitrogens with one attached hydrogen (secondary N) is 1. The summed E-state index contributed by atoms with van der Waals surface area (Å²) in [4.78, 5) is 0. The van der Waals surface area contributed by atoms with Gasteiger partial charge in [-0.2, -0.15) is 0 Å². The summed E-state index contributed by atoms with van der Waals surface area (Å²) < 4.78 is 5.62. The molecule has 0 amide bonds. The molecule has 0 heterocycles. The van der Waals surface area contributed by atoms with Crippen LogP contribution in [-0.2, 0) is 0 Å². The molecule has 1 fully saturated rings. The molecule has 1 aromatic rings. The standard InChI is InChI=1S/C18H29NO2/c1-14-6-5-9-18(10-14)21-13-17(20)12-19-11-16-8-4-3-7-15(16)2/h5-6,9-10,15-17,19-20H,3-4,7-8,11-13H2,1-2H3. The van der Waals surface area contributed by atoms with E-state index in [-0.39, 0.29) is 0 Å². The molecule has 21 heavy (non-hydrogen) atoms. The highest BCUT2D eigenvalue weighted by Gasteiger charge is 2.20. The maximum absolute atomic E-state index is 9.99. The molecular weight excluding hydrogens is 262 g/mol. The van der Waals surface area contributed by atoms with E-state index in [1.165, 1.54) is 31.2 Å². The summed E-state index contributed by atoms with van der Waals surface area (Å²) in [7, 11) is 0. The molecule has 0 radical (unpaired) electrons. The number of aliphatic hydroxyl groups excluding tert-OH is 1. The zero-order valence-corrected chi connectivity index (χ0v) is 13.3. The first-order valence-corrected chi connectivity index (χ1v) is 8.23.